The molecule has 0 radical (unpaired) electrons. The largest absolute Gasteiger partial charge is 0.371 e. The second kappa shape index (κ2) is 7.95. The third kappa shape index (κ3) is 3.73. The van der Waals surface area contributed by atoms with Crippen LogP contribution in [0.15, 0.2) is 34.9 Å². The second-order valence-corrected chi connectivity index (χ2v) is 8.41. The van der Waals surface area contributed by atoms with Gasteiger partial charge >= 0.3 is 0 Å². The van der Waals surface area contributed by atoms with E-state index in [9.17, 15) is 4.79 Å². The fraction of sp³-hybridized carbons (Fsp3) is 0.524. The van der Waals surface area contributed by atoms with Crippen LogP contribution in [0, 0.1) is 5.92 Å². The van der Waals surface area contributed by atoms with Gasteiger partial charge in [0.15, 0.2) is 0 Å². The molecule has 1 aromatic heterocycles. The summed E-state index contributed by atoms with van der Waals surface area (Å²) < 4.78 is 1.05. The summed E-state index contributed by atoms with van der Waals surface area (Å²) in [6, 6.07) is 8.38. The number of pyridine rings is 1. The number of aromatic nitrogens is 1. The van der Waals surface area contributed by atoms with Crippen molar-refractivity contribution < 1.29 is 4.79 Å². The number of rotatable bonds is 2. The molecule has 0 atom stereocenters. The first-order valence-electron chi connectivity index (χ1n) is 9.80. The number of amides is 1. The molecule has 2 aliphatic rings. The molecule has 1 amide bonds. The van der Waals surface area contributed by atoms with Gasteiger partial charge in [0.05, 0.1) is 5.52 Å². The van der Waals surface area contributed by atoms with Crippen molar-refractivity contribution in [1.29, 1.82) is 0 Å². The van der Waals surface area contributed by atoms with Crippen molar-refractivity contribution in [3.05, 3.63) is 34.9 Å². The Bertz CT molecular complexity index is 778. The quantitative estimate of drug-likeness (QED) is 0.717. The van der Waals surface area contributed by atoms with Crippen LogP contribution in [-0.4, -0.2) is 42.0 Å². The van der Waals surface area contributed by atoms with Crippen LogP contribution in [0.1, 0.15) is 38.5 Å². The van der Waals surface area contributed by atoms with E-state index in [1.807, 2.05) is 6.20 Å². The van der Waals surface area contributed by atoms with Gasteiger partial charge < -0.3 is 9.80 Å². The number of anilines is 1. The third-order valence-corrected chi connectivity index (χ3v) is 6.28. The van der Waals surface area contributed by atoms with Crippen molar-refractivity contribution in [1.82, 2.24) is 9.88 Å². The zero-order chi connectivity index (χ0) is 17.9. The van der Waals surface area contributed by atoms with Crippen LogP contribution < -0.4 is 4.90 Å². The molecule has 138 valence electrons. The van der Waals surface area contributed by atoms with E-state index in [-0.39, 0.29) is 5.92 Å². The molecule has 0 bridgehead atoms. The van der Waals surface area contributed by atoms with Gasteiger partial charge in [-0.2, -0.15) is 0 Å². The predicted molar refractivity (Wildman–Crippen MR) is 109 cm³/mol. The Morgan fingerprint density at radius 1 is 1.00 bits per heavy atom. The predicted octanol–water partition coefficient (Wildman–Crippen LogP) is 4.62. The van der Waals surface area contributed by atoms with Crippen molar-refractivity contribution in [3.8, 4) is 0 Å². The molecule has 4 rings (SSSR count). The monoisotopic (exact) mass is 415 g/mol. The van der Waals surface area contributed by atoms with Crippen LogP contribution in [0.3, 0.4) is 0 Å². The molecule has 1 aromatic carbocycles. The van der Waals surface area contributed by atoms with Gasteiger partial charge in [-0.05, 0) is 49.9 Å². The third-order valence-electron chi connectivity index (χ3n) is 5.78. The Balaban J connectivity index is 1.44. The van der Waals surface area contributed by atoms with E-state index in [0.29, 0.717) is 5.91 Å². The van der Waals surface area contributed by atoms with E-state index in [2.05, 4.69) is 55.0 Å². The lowest BCUT2D eigenvalue weighted by Crippen LogP contribution is -2.43. The summed E-state index contributed by atoms with van der Waals surface area (Å²) in [5.74, 6) is 0.599. The molecule has 2 aromatic rings. The fourth-order valence-electron chi connectivity index (χ4n) is 4.30. The van der Waals surface area contributed by atoms with Crippen LogP contribution in [0.4, 0.5) is 5.69 Å². The van der Waals surface area contributed by atoms with Gasteiger partial charge in [-0.25, -0.2) is 0 Å². The standard InChI is InChI=1S/C21H26BrN3O/c22-17-5-6-18-19(15-17)23-10-7-20(18)24-13-8-16(9-14-24)21(26)25-11-3-1-2-4-12-25/h5-7,10,15-16H,1-4,8-9,11-14H2. The lowest BCUT2D eigenvalue weighted by Gasteiger charge is -2.35. The summed E-state index contributed by atoms with van der Waals surface area (Å²) in [6.45, 7) is 3.81. The fourth-order valence-corrected chi connectivity index (χ4v) is 4.65. The average Bonchev–Trinajstić information content (AvgIpc) is 2.96. The minimum absolute atomic E-state index is 0.201. The van der Waals surface area contributed by atoms with E-state index >= 15 is 0 Å². The molecule has 2 saturated heterocycles. The van der Waals surface area contributed by atoms with Crippen LogP contribution in [0.2, 0.25) is 0 Å². The number of fused-ring (bicyclic) bond motifs is 1. The lowest BCUT2D eigenvalue weighted by molar-refractivity contribution is -0.136. The molecule has 2 fully saturated rings. The highest BCUT2D eigenvalue weighted by Crippen LogP contribution is 2.31. The molecule has 4 nitrogen and oxygen atoms in total. The van der Waals surface area contributed by atoms with Crippen molar-refractivity contribution in [3.63, 3.8) is 0 Å². The molecule has 5 heteroatoms. The Kier molecular flexibility index (Phi) is 5.44. The van der Waals surface area contributed by atoms with Gasteiger partial charge in [-0.3, -0.25) is 9.78 Å². The molecular weight excluding hydrogens is 390 g/mol. The number of hydrogen-bond acceptors (Lipinski definition) is 3. The normalized spacial score (nSPS) is 19.6. The number of piperidine rings is 1. The van der Waals surface area contributed by atoms with E-state index < -0.39 is 0 Å². The molecule has 0 spiro atoms. The number of carbonyl (C=O) groups is 1. The smallest absolute Gasteiger partial charge is 0.225 e. The van der Waals surface area contributed by atoms with Gasteiger partial charge in [-0.1, -0.05) is 28.8 Å². The number of halogens is 1. The first kappa shape index (κ1) is 17.8. The topological polar surface area (TPSA) is 36.4 Å². The Labute approximate surface area is 163 Å². The summed E-state index contributed by atoms with van der Waals surface area (Å²) in [5.41, 5.74) is 2.25. The van der Waals surface area contributed by atoms with Gasteiger partial charge in [0.1, 0.15) is 0 Å². The number of benzene rings is 1. The van der Waals surface area contributed by atoms with Gasteiger partial charge in [0.2, 0.25) is 5.91 Å². The van der Waals surface area contributed by atoms with Gasteiger partial charge in [-0.15, -0.1) is 0 Å². The molecule has 0 saturated carbocycles. The van der Waals surface area contributed by atoms with Crippen LogP contribution in [-0.2, 0) is 4.79 Å². The van der Waals surface area contributed by atoms with E-state index in [0.717, 1.165) is 49.0 Å². The first-order chi connectivity index (χ1) is 12.7. The summed E-state index contributed by atoms with van der Waals surface area (Å²) >= 11 is 3.52. The van der Waals surface area contributed by atoms with Crippen molar-refractivity contribution in [2.75, 3.05) is 31.1 Å². The highest BCUT2D eigenvalue weighted by molar-refractivity contribution is 9.10. The molecule has 0 N–H and O–H groups in total. The Morgan fingerprint density at radius 3 is 2.46 bits per heavy atom. The molecule has 26 heavy (non-hydrogen) atoms. The number of hydrogen-bond donors (Lipinski definition) is 0. The van der Waals surface area contributed by atoms with Gasteiger partial charge in [0, 0.05) is 53.8 Å². The van der Waals surface area contributed by atoms with E-state index in [4.69, 9.17) is 0 Å². The van der Waals surface area contributed by atoms with E-state index in [1.54, 1.807) is 0 Å². The maximum atomic E-state index is 12.9. The highest BCUT2D eigenvalue weighted by Gasteiger charge is 2.29. The SMILES string of the molecule is O=C(C1CCN(c2ccnc3cc(Br)ccc23)CC1)N1CCCCCC1. The average molecular weight is 416 g/mol. The van der Waals surface area contributed by atoms with E-state index in [1.165, 1.54) is 36.8 Å². The minimum atomic E-state index is 0.201. The zero-order valence-corrected chi connectivity index (χ0v) is 16.7. The summed E-state index contributed by atoms with van der Waals surface area (Å²) in [4.78, 5) is 21.9. The Hall–Kier alpha value is -1.62. The molecule has 2 aliphatic heterocycles. The number of carbonyl (C=O) groups excluding carboxylic acids is 1. The summed E-state index contributed by atoms with van der Waals surface area (Å²) in [7, 11) is 0. The van der Waals surface area contributed by atoms with Crippen LogP contribution in [0.5, 0.6) is 0 Å². The maximum absolute atomic E-state index is 12.9. The number of likely N-dealkylation sites (tertiary alicyclic amines) is 1. The Morgan fingerprint density at radius 2 is 1.73 bits per heavy atom. The molecule has 0 aliphatic carbocycles. The molecular formula is C21H26BrN3O. The summed E-state index contributed by atoms with van der Waals surface area (Å²) in [5, 5.41) is 1.19. The second-order valence-electron chi connectivity index (χ2n) is 7.49. The van der Waals surface area contributed by atoms with Crippen molar-refractivity contribution in [2.45, 2.75) is 38.5 Å². The van der Waals surface area contributed by atoms with Crippen LogP contribution in [0.25, 0.3) is 10.9 Å². The molecule has 3 heterocycles. The maximum Gasteiger partial charge on any atom is 0.225 e. The summed E-state index contributed by atoms with van der Waals surface area (Å²) in [6.07, 6.45) is 8.68. The minimum Gasteiger partial charge on any atom is -0.371 e. The number of nitrogens with zero attached hydrogens (tertiary/aromatic N) is 3. The van der Waals surface area contributed by atoms with Crippen LogP contribution >= 0.6 is 15.9 Å². The molecule has 0 unspecified atom stereocenters. The van der Waals surface area contributed by atoms with Crippen molar-refractivity contribution >= 4 is 38.4 Å². The van der Waals surface area contributed by atoms with Gasteiger partial charge in [0.25, 0.3) is 0 Å². The zero-order valence-electron chi connectivity index (χ0n) is 15.2. The highest BCUT2D eigenvalue weighted by atomic mass is 79.9. The first-order valence-corrected chi connectivity index (χ1v) is 10.6. The lowest BCUT2D eigenvalue weighted by atomic mass is 9.94. The van der Waals surface area contributed by atoms with Crippen molar-refractivity contribution in [2.24, 2.45) is 5.92 Å².